The molecule has 4 heterocycles. The number of hydrogen-bond acceptors (Lipinski definition) is 9. The van der Waals surface area contributed by atoms with Crippen LogP contribution in [0.4, 0.5) is 16.3 Å². The standard InChI is InChI=1S/C34H40N6O5S/c1-3-23(2)45-34(43)40-28-21-29(33(42)35-27(22-38-15-7-8-16-38)24-9-5-4-6-10-24)46-30(28)31(37-40)36-32(41)25-11-13-26(14-12-25)39-17-19-44-20-18-39/h4-6,9-14,21,23,27H,3,7-8,15-20,22H2,1-2H3,(H,35,42)(H,36,37,41)/t23?,27-/m1/s1. The topological polar surface area (TPSA) is 118 Å². The Labute approximate surface area is 272 Å². The van der Waals surface area contributed by atoms with E-state index in [1.165, 1.54) is 11.3 Å². The first kappa shape index (κ1) is 31.7. The first-order valence-electron chi connectivity index (χ1n) is 16.0. The van der Waals surface area contributed by atoms with E-state index < -0.39 is 6.09 Å². The number of fused-ring (bicyclic) bond motifs is 1. The molecule has 2 aliphatic rings. The minimum Gasteiger partial charge on any atom is -0.445 e. The van der Waals surface area contributed by atoms with E-state index >= 15 is 0 Å². The van der Waals surface area contributed by atoms with Crippen molar-refractivity contribution in [3.8, 4) is 0 Å². The molecule has 2 atom stereocenters. The monoisotopic (exact) mass is 644 g/mol. The fourth-order valence-electron chi connectivity index (χ4n) is 5.74. The summed E-state index contributed by atoms with van der Waals surface area (Å²) in [5.41, 5.74) is 2.90. The molecule has 2 N–H and O–H groups in total. The molecule has 0 aliphatic carbocycles. The first-order chi connectivity index (χ1) is 22.4. The van der Waals surface area contributed by atoms with Crippen LogP contribution in [0.5, 0.6) is 0 Å². The minimum absolute atomic E-state index is 0.194. The van der Waals surface area contributed by atoms with Gasteiger partial charge >= 0.3 is 6.09 Å². The SMILES string of the molecule is CCC(C)OC(=O)n1nc(NC(=O)c2ccc(N3CCOCC3)cc2)c2sc(C(=O)N[C@H](CN3CCCC3)c3ccccc3)cc21. The second-order valence-corrected chi connectivity index (χ2v) is 12.8. The number of ether oxygens (including phenoxy) is 2. The molecule has 4 aromatic rings. The third-order valence-corrected chi connectivity index (χ3v) is 9.64. The van der Waals surface area contributed by atoms with E-state index in [0.717, 1.165) is 55.0 Å². The maximum absolute atomic E-state index is 13.7. The molecule has 0 bridgehead atoms. The van der Waals surface area contributed by atoms with Crippen LogP contribution in [-0.2, 0) is 9.47 Å². The van der Waals surface area contributed by atoms with Gasteiger partial charge in [0.05, 0.1) is 34.3 Å². The number of benzene rings is 2. The molecule has 0 spiro atoms. The Morgan fingerprint density at radius 1 is 0.978 bits per heavy atom. The Hall–Kier alpha value is -4.26. The average molecular weight is 645 g/mol. The highest BCUT2D eigenvalue weighted by Crippen LogP contribution is 2.33. The van der Waals surface area contributed by atoms with Crippen molar-refractivity contribution in [1.82, 2.24) is 20.0 Å². The number of carbonyl (C=O) groups excluding carboxylic acids is 3. The average Bonchev–Trinajstić information content (AvgIpc) is 3.84. The molecule has 11 nitrogen and oxygen atoms in total. The number of thiophene rings is 1. The third kappa shape index (κ3) is 7.24. The van der Waals surface area contributed by atoms with Crippen molar-refractivity contribution < 1.29 is 23.9 Å². The Bertz CT molecular complexity index is 1660. The fraction of sp³-hybridized carbons (Fsp3) is 0.412. The van der Waals surface area contributed by atoms with Crippen LogP contribution in [0.1, 0.15) is 64.7 Å². The number of morpholine rings is 1. The van der Waals surface area contributed by atoms with Crippen LogP contribution in [0.3, 0.4) is 0 Å². The molecule has 0 saturated carbocycles. The number of nitrogens with one attached hydrogen (secondary N) is 2. The molecule has 242 valence electrons. The Morgan fingerprint density at radius 2 is 1.70 bits per heavy atom. The van der Waals surface area contributed by atoms with Crippen molar-refractivity contribution in [1.29, 1.82) is 0 Å². The van der Waals surface area contributed by atoms with Crippen LogP contribution in [0.2, 0.25) is 0 Å². The fourth-order valence-corrected chi connectivity index (χ4v) is 6.72. The maximum atomic E-state index is 13.7. The molecule has 46 heavy (non-hydrogen) atoms. The van der Waals surface area contributed by atoms with E-state index in [1.54, 1.807) is 25.1 Å². The second-order valence-electron chi connectivity index (χ2n) is 11.7. The van der Waals surface area contributed by atoms with Gasteiger partial charge in [0.1, 0.15) is 6.10 Å². The van der Waals surface area contributed by atoms with Gasteiger partial charge in [0.15, 0.2) is 5.82 Å². The molecule has 12 heteroatoms. The van der Waals surface area contributed by atoms with Gasteiger partial charge in [-0.25, -0.2) is 4.79 Å². The highest BCUT2D eigenvalue weighted by Gasteiger charge is 2.27. The number of likely N-dealkylation sites (tertiary alicyclic amines) is 1. The quantitative estimate of drug-likeness (QED) is 0.231. The van der Waals surface area contributed by atoms with E-state index in [9.17, 15) is 14.4 Å². The summed E-state index contributed by atoms with van der Waals surface area (Å²) in [5, 5.41) is 10.5. The summed E-state index contributed by atoms with van der Waals surface area (Å²) in [6.45, 7) is 9.40. The van der Waals surface area contributed by atoms with Crippen molar-refractivity contribution in [2.45, 2.75) is 45.3 Å². The summed E-state index contributed by atoms with van der Waals surface area (Å²) in [6.07, 6.45) is 1.95. The van der Waals surface area contributed by atoms with E-state index in [1.807, 2.05) is 49.4 Å². The number of nitrogens with zero attached hydrogens (tertiary/aromatic N) is 4. The van der Waals surface area contributed by atoms with E-state index in [2.05, 4.69) is 25.5 Å². The molecule has 2 aromatic carbocycles. The zero-order valence-corrected chi connectivity index (χ0v) is 27.1. The molecule has 2 saturated heterocycles. The lowest BCUT2D eigenvalue weighted by Crippen LogP contribution is -2.36. The molecule has 1 unspecified atom stereocenters. The van der Waals surface area contributed by atoms with Gasteiger partial charge in [0.2, 0.25) is 0 Å². The molecule has 2 aliphatic heterocycles. The van der Waals surface area contributed by atoms with Crippen LogP contribution in [0.25, 0.3) is 10.2 Å². The number of anilines is 2. The molecule has 6 rings (SSSR count). The van der Waals surface area contributed by atoms with Crippen molar-refractivity contribution in [2.75, 3.05) is 56.2 Å². The summed E-state index contributed by atoms with van der Waals surface area (Å²) in [7, 11) is 0. The van der Waals surface area contributed by atoms with E-state index in [4.69, 9.17) is 9.47 Å². The Balaban J connectivity index is 1.26. The Morgan fingerprint density at radius 3 is 2.39 bits per heavy atom. The molecule has 2 aromatic heterocycles. The van der Waals surface area contributed by atoms with Gasteiger partial charge in [-0.15, -0.1) is 16.4 Å². The third-order valence-electron chi connectivity index (χ3n) is 8.51. The van der Waals surface area contributed by atoms with Crippen molar-refractivity contribution >= 4 is 51.0 Å². The second kappa shape index (κ2) is 14.4. The van der Waals surface area contributed by atoms with Gasteiger partial charge in [0.25, 0.3) is 11.8 Å². The largest absolute Gasteiger partial charge is 0.445 e. The summed E-state index contributed by atoms with van der Waals surface area (Å²) < 4.78 is 12.7. The molecule has 0 radical (unpaired) electrons. The van der Waals surface area contributed by atoms with Crippen LogP contribution in [0, 0.1) is 0 Å². The smallest absolute Gasteiger partial charge is 0.435 e. The van der Waals surface area contributed by atoms with Crippen LogP contribution in [-0.4, -0.2) is 84.6 Å². The summed E-state index contributed by atoms with van der Waals surface area (Å²) in [6, 6.07) is 18.8. The van der Waals surface area contributed by atoms with Gasteiger partial charge < -0.3 is 29.9 Å². The zero-order valence-electron chi connectivity index (χ0n) is 26.2. The minimum atomic E-state index is -0.671. The highest BCUT2D eigenvalue weighted by molar-refractivity contribution is 7.21. The lowest BCUT2D eigenvalue weighted by atomic mass is 10.1. The van der Waals surface area contributed by atoms with Crippen molar-refractivity contribution in [2.24, 2.45) is 0 Å². The lowest BCUT2D eigenvalue weighted by molar-refractivity contribution is 0.0929. The normalized spacial score (nSPS) is 16.7. The van der Waals surface area contributed by atoms with Crippen molar-refractivity contribution in [3.63, 3.8) is 0 Å². The summed E-state index contributed by atoms with van der Waals surface area (Å²) in [4.78, 5) is 45.3. The maximum Gasteiger partial charge on any atom is 0.435 e. The predicted molar refractivity (Wildman–Crippen MR) is 179 cm³/mol. The number of amides is 2. The van der Waals surface area contributed by atoms with Gasteiger partial charge in [-0.2, -0.15) is 4.68 Å². The van der Waals surface area contributed by atoms with Crippen molar-refractivity contribution in [3.05, 3.63) is 76.7 Å². The molecular formula is C34H40N6O5S. The number of rotatable bonds is 10. The van der Waals surface area contributed by atoms with E-state index in [-0.39, 0.29) is 29.8 Å². The first-order valence-corrected chi connectivity index (χ1v) is 16.8. The van der Waals surface area contributed by atoms with Gasteiger partial charge in [-0.1, -0.05) is 37.3 Å². The van der Waals surface area contributed by atoms with Gasteiger partial charge in [0, 0.05) is 30.9 Å². The summed E-state index contributed by atoms with van der Waals surface area (Å²) >= 11 is 1.18. The zero-order chi connectivity index (χ0) is 32.0. The van der Waals surface area contributed by atoms with Crippen LogP contribution >= 0.6 is 11.3 Å². The molecule has 2 fully saturated rings. The van der Waals surface area contributed by atoms with Gasteiger partial charge in [-0.3, -0.25) is 9.59 Å². The molecular weight excluding hydrogens is 604 g/mol. The predicted octanol–water partition coefficient (Wildman–Crippen LogP) is 5.54. The highest BCUT2D eigenvalue weighted by atomic mass is 32.1. The van der Waals surface area contributed by atoms with Crippen LogP contribution in [0.15, 0.2) is 60.7 Å². The van der Waals surface area contributed by atoms with Gasteiger partial charge in [-0.05, 0) is 75.2 Å². The molecule has 2 amide bonds. The lowest BCUT2D eigenvalue weighted by Gasteiger charge is -2.28. The number of hydrogen-bond donors (Lipinski definition) is 2. The van der Waals surface area contributed by atoms with Crippen LogP contribution < -0.4 is 15.5 Å². The number of carbonyl (C=O) groups is 3. The van der Waals surface area contributed by atoms with E-state index in [0.29, 0.717) is 46.8 Å². The number of aromatic nitrogens is 2. The Kier molecular flexibility index (Phi) is 9.96. The summed E-state index contributed by atoms with van der Waals surface area (Å²) in [5.74, 6) is -0.435.